The highest BCUT2D eigenvalue weighted by Crippen LogP contribution is 2.20. The number of nitrogens with one attached hydrogen (secondary N) is 4. The Labute approximate surface area is 319 Å². The molecule has 3 amide bonds. The van der Waals surface area contributed by atoms with Gasteiger partial charge in [-0.1, -0.05) is 6.92 Å². The summed E-state index contributed by atoms with van der Waals surface area (Å²) in [7, 11) is 1.59. The largest absolute Gasteiger partial charge is 0.504 e. The number of aliphatic hydroxyl groups excluding tert-OH is 4. The second kappa shape index (κ2) is 27.1. The third kappa shape index (κ3) is 17.9. The summed E-state index contributed by atoms with van der Waals surface area (Å²) in [6, 6.07) is 2.27. The number of allylic oxidation sites excluding steroid dienone is 1. The standard InChI is InChI=1S/C24H37N5O7.C10H14N2O4.C2H6O/c1-3-24(25,8-4-10-27-20(34)16-19(33)17(31)6-12-26-2)9-5-11-28-23(36)21-22(35)18(32)7-13-29(21)14-15-30;1-2-11-10(16)8-9(15)7(14)3-4-12(8)5-6-13;1-2-3/h6-7,12-13,16,26,30,33,35H,3-5,8-11,14-15,25H2,1-2H3,(H,27,34)(H,28,36);3-4,13,15H,2,5-6H2,1H3,(H,11,16);3H,2H2,1H3/b12-6-,19-16-;;. The zero-order valence-electron chi connectivity index (χ0n) is 31.8. The Bertz CT molecular complexity index is 1700. The number of aromatic nitrogens is 2. The van der Waals surface area contributed by atoms with Crippen molar-refractivity contribution in [3.63, 3.8) is 0 Å². The molecular weight excluding hydrogens is 722 g/mol. The highest BCUT2D eigenvalue weighted by atomic mass is 16.3. The number of nitrogens with zero attached hydrogens (tertiary/aromatic N) is 2. The van der Waals surface area contributed by atoms with Gasteiger partial charge in [-0.3, -0.25) is 28.8 Å². The van der Waals surface area contributed by atoms with Crippen molar-refractivity contribution in [2.24, 2.45) is 5.73 Å². The number of pyridine rings is 2. The maximum Gasteiger partial charge on any atom is 0.271 e. The summed E-state index contributed by atoms with van der Waals surface area (Å²) in [5, 5.41) is 65.0. The molecule has 2 heterocycles. The number of ketones is 1. The lowest BCUT2D eigenvalue weighted by molar-refractivity contribution is -0.118. The van der Waals surface area contributed by atoms with Gasteiger partial charge in [0.1, 0.15) is 0 Å². The highest BCUT2D eigenvalue weighted by Gasteiger charge is 2.23. The van der Waals surface area contributed by atoms with Gasteiger partial charge in [0, 0.05) is 94.8 Å². The first kappa shape index (κ1) is 49.5. The number of carbonyl (C=O) groups excluding carboxylic acids is 4. The number of carbonyl (C=O) groups is 4. The van der Waals surface area contributed by atoms with Crippen molar-refractivity contribution in [2.75, 3.05) is 46.5 Å². The molecule has 0 fully saturated rings. The SMILES string of the molecule is CCC(N)(CCCNC(=O)/C=C(\O)C(=O)/C=C\NC)CCCNC(=O)c1c(O)c(=O)ccn1CCO.CCNC(=O)c1c(O)c(=O)ccn1CCO.CCO. The Morgan fingerprint density at radius 1 is 0.800 bits per heavy atom. The quantitative estimate of drug-likeness (QED) is 0.0441. The van der Waals surface area contributed by atoms with Crippen LogP contribution in [0, 0.1) is 0 Å². The molecule has 2 rings (SSSR count). The van der Waals surface area contributed by atoms with Gasteiger partial charge in [0.2, 0.25) is 22.5 Å². The molecule has 0 aliphatic rings. The van der Waals surface area contributed by atoms with Crippen LogP contribution in [0.5, 0.6) is 11.5 Å². The summed E-state index contributed by atoms with van der Waals surface area (Å²) in [6.45, 7) is 6.29. The number of hydrogen-bond acceptors (Lipinski definition) is 14. The van der Waals surface area contributed by atoms with Gasteiger partial charge in [-0.05, 0) is 46.0 Å². The Morgan fingerprint density at radius 3 is 1.67 bits per heavy atom. The van der Waals surface area contributed by atoms with Crippen molar-refractivity contribution in [3.8, 4) is 11.5 Å². The Kier molecular flexibility index (Phi) is 24.4. The second-order valence-corrected chi connectivity index (χ2v) is 11.7. The zero-order chi connectivity index (χ0) is 42.0. The minimum Gasteiger partial charge on any atom is -0.504 e. The molecule has 0 aliphatic heterocycles. The van der Waals surface area contributed by atoms with E-state index >= 15 is 0 Å². The number of aromatic hydroxyl groups is 2. The number of aliphatic hydroxyl groups is 4. The van der Waals surface area contributed by atoms with Gasteiger partial charge in [0.15, 0.2) is 28.6 Å². The third-order valence-electron chi connectivity index (χ3n) is 7.66. The number of nitrogens with two attached hydrogens (primary N) is 1. The molecule has 2 aromatic heterocycles. The molecule has 1 atom stereocenters. The maximum atomic E-state index is 12.5. The van der Waals surface area contributed by atoms with E-state index in [4.69, 9.17) is 21.1 Å². The van der Waals surface area contributed by atoms with Gasteiger partial charge in [-0.2, -0.15) is 0 Å². The predicted molar refractivity (Wildman–Crippen MR) is 205 cm³/mol. The molecule has 2 aromatic rings. The molecule has 0 aromatic carbocycles. The third-order valence-corrected chi connectivity index (χ3v) is 7.66. The van der Waals surface area contributed by atoms with Crippen molar-refractivity contribution in [2.45, 2.75) is 71.5 Å². The smallest absolute Gasteiger partial charge is 0.271 e. The highest BCUT2D eigenvalue weighted by molar-refractivity contribution is 6.06. The fraction of sp³-hybridized carbons (Fsp3) is 0.500. The minimum atomic E-state index is -0.697. The van der Waals surface area contributed by atoms with Crippen LogP contribution in [-0.4, -0.2) is 115 Å². The van der Waals surface area contributed by atoms with Crippen LogP contribution in [0.2, 0.25) is 0 Å². The van der Waals surface area contributed by atoms with Gasteiger partial charge >= 0.3 is 0 Å². The van der Waals surface area contributed by atoms with E-state index in [9.17, 15) is 44.1 Å². The minimum absolute atomic E-state index is 0.0496. The predicted octanol–water partition coefficient (Wildman–Crippen LogP) is -0.901. The van der Waals surface area contributed by atoms with Crippen molar-refractivity contribution in [3.05, 3.63) is 80.5 Å². The van der Waals surface area contributed by atoms with Crippen molar-refractivity contribution in [1.29, 1.82) is 0 Å². The number of amides is 3. The molecular formula is C36H57N7O12. The van der Waals surface area contributed by atoms with Crippen LogP contribution in [0.1, 0.15) is 73.9 Å². The molecule has 0 aliphatic carbocycles. The monoisotopic (exact) mass is 779 g/mol. The molecule has 0 spiro atoms. The molecule has 308 valence electrons. The summed E-state index contributed by atoms with van der Waals surface area (Å²) in [4.78, 5) is 70.4. The molecule has 0 radical (unpaired) electrons. The van der Waals surface area contributed by atoms with Crippen LogP contribution in [-0.2, 0) is 22.7 Å². The lowest BCUT2D eigenvalue weighted by Crippen LogP contribution is -2.41. The van der Waals surface area contributed by atoms with Crippen LogP contribution >= 0.6 is 0 Å². The molecule has 19 heteroatoms. The Morgan fingerprint density at radius 2 is 1.25 bits per heavy atom. The molecule has 12 N–H and O–H groups in total. The number of rotatable bonds is 20. The summed E-state index contributed by atoms with van der Waals surface area (Å²) < 4.78 is 2.64. The van der Waals surface area contributed by atoms with Crippen molar-refractivity contribution >= 4 is 23.5 Å². The van der Waals surface area contributed by atoms with Gasteiger partial charge in [-0.25, -0.2) is 0 Å². The topological polar surface area (TPSA) is 308 Å². The molecule has 0 bridgehead atoms. The summed E-state index contributed by atoms with van der Waals surface area (Å²) in [5.74, 6) is -4.39. The van der Waals surface area contributed by atoms with E-state index in [2.05, 4.69) is 21.3 Å². The van der Waals surface area contributed by atoms with Gasteiger partial charge in [-0.15, -0.1) is 0 Å². The molecule has 0 saturated carbocycles. The zero-order valence-corrected chi connectivity index (χ0v) is 31.8. The average molecular weight is 780 g/mol. The average Bonchev–Trinajstić information content (AvgIpc) is 3.15. The van der Waals surface area contributed by atoms with Crippen LogP contribution in [0.15, 0.2) is 58.2 Å². The van der Waals surface area contributed by atoms with E-state index in [-0.39, 0.29) is 50.8 Å². The lowest BCUT2D eigenvalue weighted by Gasteiger charge is -2.28. The van der Waals surface area contributed by atoms with E-state index in [1.54, 1.807) is 20.9 Å². The Balaban J connectivity index is 0.00000127. The van der Waals surface area contributed by atoms with Gasteiger partial charge < -0.3 is 66.8 Å². The molecule has 0 saturated heterocycles. The van der Waals surface area contributed by atoms with E-state index in [0.717, 1.165) is 24.3 Å². The van der Waals surface area contributed by atoms with Crippen LogP contribution in [0.3, 0.4) is 0 Å². The first-order valence-electron chi connectivity index (χ1n) is 17.7. The summed E-state index contributed by atoms with van der Waals surface area (Å²) in [6.07, 6.45) is 8.90. The lowest BCUT2D eigenvalue weighted by atomic mass is 9.87. The first-order chi connectivity index (χ1) is 26.1. The van der Waals surface area contributed by atoms with Crippen molar-refractivity contribution < 1.29 is 49.8 Å². The van der Waals surface area contributed by atoms with E-state index < -0.39 is 57.2 Å². The van der Waals surface area contributed by atoms with Crippen molar-refractivity contribution in [1.82, 2.24) is 30.4 Å². The fourth-order valence-electron chi connectivity index (χ4n) is 4.78. The van der Waals surface area contributed by atoms with Crippen LogP contribution in [0.25, 0.3) is 0 Å². The maximum absolute atomic E-state index is 12.5. The molecule has 19 nitrogen and oxygen atoms in total. The second-order valence-electron chi connectivity index (χ2n) is 11.7. The Hall–Kier alpha value is -5.50. The summed E-state index contributed by atoms with van der Waals surface area (Å²) in [5.41, 5.74) is 4.31. The summed E-state index contributed by atoms with van der Waals surface area (Å²) >= 11 is 0. The van der Waals surface area contributed by atoms with Gasteiger partial charge in [0.25, 0.3) is 11.8 Å². The van der Waals surface area contributed by atoms with Gasteiger partial charge in [0.05, 0.1) is 13.2 Å². The number of hydrogen-bond donors (Lipinski definition) is 11. The first-order valence-corrected chi connectivity index (χ1v) is 17.7. The van der Waals surface area contributed by atoms with E-state index in [1.165, 1.54) is 27.7 Å². The van der Waals surface area contributed by atoms with E-state index in [0.29, 0.717) is 45.2 Å². The molecule has 55 heavy (non-hydrogen) atoms. The van der Waals surface area contributed by atoms with Crippen LogP contribution < -0.4 is 37.9 Å². The van der Waals surface area contributed by atoms with E-state index in [1.807, 2.05) is 6.92 Å². The normalized spacial score (nSPS) is 12.0. The molecule has 1 unspecified atom stereocenters. The fourth-order valence-corrected chi connectivity index (χ4v) is 4.78. The van der Waals surface area contributed by atoms with Crippen LogP contribution in [0.4, 0.5) is 0 Å².